The monoisotopic (exact) mass is 265 g/mol. The summed E-state index contributed by atoms with van der Waals surface area (Å²) < 4.78 is 5.43. The Morgan fingerprint density at radius 3 is 2.47 bits per heavy atom. The maximum Gasteiger partial charge on any atom is 0.229 e. The van der Waals surface area contributed by atoms with Gasteiger partial charge in [-0.2, -0.15) is 4.98 Å². The molecule has 0 bridgehead atoms. The van der Waals surface area contributed by atoms with Crippen molar-refractivity contribution in [3.05, 3.63) is 11.7 Å². The molecule has 1 aromatic heterocycles. The van der Waals surface area contributed by atoms with Crippen LogP contribution in [0, 0.1) is 11.3 Å². The van der Waals surface area contributed by atoms with Crippen LogP contribution in [-0.4, -0.2) is 23.7 Å². The van der Waals surface area contributed by atoms with Crippen LogP contribution < -0.4 is 5.32 Å². The molecule has 0 atom stereocenters. The van der Waals surface area contributed by atoms with Gasteiger partial charge in [0, 0.05) is 18.9 Å². The highest BCUT2D eigenvalue weighted by molar-refractivity contribution is 4.97. The highest BCUT2D eigenvalue weighted by Gasteiger charge is 2.32. The maximum atomic E-state index is 5.43. The van der Waals surface area contributed by atoms with Gasteiger partial charge in [-0.15, -0.1) is 0 Å². The average molecular weight is 265 g/mol. The normalized spacial score (nSPS) is 24.6. The lowest BCUT2D eigenvalue weighted by molar-refractivity contribution is 0.159. The standard InChI is InChI=1S/C15H27N3O/c1-15(2,3)12-7-5-11(6-8-12)14-17-13(18-19-14)9-10-16-4/h11-12,16H,5-10H2,1-4H3. The molecule has 1 heterocycles. The van der Waals surface area contributed by atoms with E-state index in [1.165, 1.54) is 25.7 Å². The van der Waals surface area contributed by atoms with E-state index in [1.54, 1.807) is 0 Å². The summed E-state index contributed by atoms with van der Waals surface area (Å²) in [5, 5.41) is 7.18. The number of rotatable bonds is 4. The van der Waals surface area contributed by atoms with Crippen molar-refractivity contribution in [3.8, 4) is 0 Å². The van der Waals surface area contributed by atoms with E-state index in [2.05, 4.69) is 36.2 Å². The van der Waals surface area contributed by atoms with E-state index in [1.807, 2.05) is 7.05 Å². The molecule has 0 saturated heterocycles. The van der Waals surface area contributed by atoms with Crippen molar-refractivity contribution in [1.29, 1.82) is 0 Å². The van der Waals surface area contributed by atoms with Gasteiger partial charge in [-0.3, -0.25) is 0 Å². The molecule has 19 heavy (non-hydrogen) atoms. The van der Waals surface area contributed by atoms with Gasteiger partial charge in [0.2, 0.25) is 5.89 Å². The van der Waals surface area contributed by atoms with Crippen molar-refractivity contribution < 1.29 is 4.52 Å². The van der Waals surface area contributed by atoms with Gasteiger partial charge in [-0.05, 0) is 44.1 Å². The van der Waals surface area contributed by atoms with Crippen LogP contribution in [0.4, 0.5) is 0 Å². The maximum absolute atomic E-state index is 5.43. The Kier molecular flexibility index (Phi) is 4.61. The fourth-order valence-electron chi connectivity index (χ4n) is 2.98. The van der Waals surface area contributed by atoms with Crippen molar-refractivity contribution >= 4 is 0 Å². The molecule has 0 aliphatic heterocycles. The summed E-state index contributed by atoms with van der Waals surface area (Å²) in [6.45, 7) is 7.94. The van der Waals surface area contributed by atoms with Crippen molar-refractivity contribution in [2.45, 2.75) is 58.8 Å². The molecule has 108 valence electrons. The second kappa shape index (κ2) is 6.04. The SMILES string of the molecule is CNCCc1noc(C2CCC(C(C)(C)C)CC2)n1. The highest BCUT2D eigenvalue weighted by Crippen LogP contribution is 2.42. The first kappa shape index (κ1) is 14.5. The first-order chi connectivity index (χ1) is 9.00. The number of aromatic nitrogens is 2. The van der Waals surface area contributed by atoms with Gasteiger partial charge in [-0.25, -0.2) is 0 Å². The Morgan fingerprint density at radius 1 is 1.21 bits per heavy atom. The number of likely N-dealkylation sites (N-methyl/N-ethyl adjacent to an activating group) is 1. The Morgan fingerprint density at radius 2 is 1.89 bits per heavy atom. The van der Waals surface area contributed by atoms with E-state index in [0.29, 0.717) is 11.3 Å². The predicted octanol–water partition coefficient (Wildman–Crippen LogP) is 3.15. The first-order valence-corrected chi connectivity index (χ1v) is 7.47. The molecule has 4 heteroatoms. The molecule has 1 fully saturated rings. The molecule has 0 radical (unpaired) electrons. The average Bonchev–Trinajstić information content (AvgIpc) is 2.84. The lowest BCUT2D eigenvalue weighted by Gasteiger charge is -2.35. The van der Waals surface area contributed by atoms with Gasteiger partial charge in [0.15, 0.2) is 5.82 Å². The first-order valence-electron chi connectivity index (χ1n) is 7.47. The van der Waals surface area contributed by atoms with Gasteiger partial charge in [0.25, 0.3) is 0 Å². The lowest BCUT2D eigenvalue weighted by Crippen LogP contribution is -2.25. The van der Waals surface area contributed by atoms with Crippen molar-refractivity contribution in [2.24, 2.45) is 11.3 Å². The van der Waals surface area contributed by atoms with E-state index < -0.39 is 0 Å². The van der Waals surface area contributed by atoms with Crippen LogP contribution in [0.3, 0.4) is 0 Å². The number of nitrogens with one attached hydrogen (secondary N) is 1. The van der Waals surface area contributed by atoms with Crippen LogP contribution in [0.15, 0.2) is 4.52 Å². The molecule has 1 aliphatic carbocycles. The third-order valence-electron chi connectivity index (χ3n) is 4.38. The zero-order chi connectivity index (χ0) is 13.9. The zero-order valence-corrected chi connectivity index (χ0v) is 12.7. The van der Waals surface area contributed by atoms with Gasteiger partial charge < -0.3 is 9.84 Å². The van der Waals surface area contributed by atoms with Crippen LogP contribution in [0.25, 0.3) is 0 Å². The van der Waals surface area contributed by atoms with Crippen LogP contribution in [0.2, 0.25) is 0 Å². The fraction of sp³-hybridized carbons (Fsp3) is 0.867. The van der Waals surface area contributed by atoms with Gasteiger partial charge in [0.05, 0.1) is 0 Å². The molecular weight excluding hydrogens is 238 g/mol. The molecule has 4 nitrogen and oxygen atoms in total. The molecule has 0 aromatic carbocycles. The van der Waals surface area contributed by atoms with Crippen LogP contribution >= 0.6 is 0 Å². The minimum atomic E-state index is 0.428. The molecule has 0 unspecified atom stereocenters. The van der Waals surface area contributed by atoms with Gasteiger partial charge in [0.1, 0.15) is 0 Å². The number of nitrogens with zero attached hydrogens (tertiary/aromatic N) is 2. The van der Waals surface area contributed by atoms with Crippen molar-refractivity contribution in [3.63, 3.8) is 0 Å². The molecular formula is C15H27N3O. The summed E-state index contributed by atoms with van der Waals surface area (Å²) in [5.41, 5.74) is 0.428. The van der Waals surface area contributed by atoms with E-state index in [4.69, 9.17) is 4.52 Å². The second-order valence-corrected chi connectivity index (χ2v) is 6.82. The quantitative estimate of drug-likeness (QED) is 0.908. The molecule has 1 N–H and O–H groups in total. The zero-order valence-electron chi connectivity index (χ0n) is 12.7. The smallest absolute Gasteiger partial charge is 0.229 e. The van der Waals surface area contributed by atoms with Crippen molar-refractivity contribution in [1.82, 2.24) is 15.5 Å². The molecule has 2 rings (SSSR count). The van der Waals surface area contributed by atoms with E-state index in [0.717, 1.165) is 30.6 Å². The molecule has 1 aliphatic rings. The predicted molar refractivity (Wildman–Crippen MR) is 76.1 cm³/mol. The Labute approximate surface area is 116 Å². The second-order valence-electron chi connectivity index (χ2n) is 6.82. The summed E-state index contributed by atoms with van der Waals surface area (Å²) in [6.07, 6.45) is 5.79. The van der Waals surface area contributed by atoms with E-state index in [9.17, 15) is 0 Å². The number of hydrogen-bond donors (Lipinski definition) is 1. The lowest BCUT2D eigenvalue weighted by atomic mass is 9.70. The van der Waals surface area contributed by atoms with E-state index in [-0.39, 0.29) is 0 Å². The Bertz CT molecular complexity index is 386. The van der Waals surface area contributed by atoms with Crippen LogP contribution in [0.5, 0.6) is 0 Å². The van der Waals surface area contributed by atoms with Gasteiger partial charge in [-0.1, -0.05) is 25.9 Å². The van der Waals surface area contributed by atoms with Crippen molar-refractivity contribution in [2.75, 3.05) is 13.6 Å². The minimum absolute atomic E-state index is 0.428. The summed E-state index contributed by atoms with van der Waals surface area (Å²) in [7, 11) is 1.94. The topological polar surface area (TPSA) is 51.0 Å². The summed E-state index contributed by atoms with van der Waals surface area (Å²) in [4.78, 5) is 4.54. The third-order valence-corrected chi connectivity index (χ3v) is 4.38. The van der Waals surface area contributed by atoms with Gasteiger partial charge >= 0.3 is 0 Å². The Balaban J connectivity index is 1.89. The molecule has 0 amide bonds. The largest absolute Gasteiger partial charge is 0.339 e. The minimum Gasteiger partial charge on any atom is -0.339 e. The van der Waals surface area contributed by atoms with Crippen LogP contribution in [-0.2, 0) is 6.42 Å². The molecule has 1 saturated carbocycles. The Hall–Kier alpha value is -0.900. The summed E-state index contributed by atoms with van der Waals surface area (Å²) in [5.74, 6) is 3.01. The third kappa shape index (κ3) is 3.78. The summed E-state index contributed by atoms with van der Waals surface area (Å²) in [6, 6.07) is 0. The highest BCUT2D eigenvalue weighted by atomic mass is 16.5. The van der Waals surface area contributed by atoms with E-state index >= 15 is 0 Å². The molecule has 1 aromatic rings. The number of hydrogen-bond acceptors (Lipinski definition) is 4. The summed E-state index contributed by atoms with van der Waals surface area (Å²) >= 11 is 0. The molecule has 0 spiro atoms. The fourth-order valence-corrected chi connectivity index (χ4v) is 2.98. The van der Waals surface area contributed by atoms with Crippen LogP contribution in [0.1, 0.15) is 64.1 Å².